The third-order valence-corrected chi connectivity index (χ3v) is 4.08. The van der Waals surface area contributed by atoms with Gasteiger partial charge in [0, 0.05) is 56.4 Å². The molecule has 96 valence electrons. The molecule has 1 N–H and O–H groups in total. The molecule has 3 nitrogen and oxygen atoms in total. The molecule has 1 aliphatic rings. The van der Waals surface area contributed by atoms with Gasteiger partial charge in [0.05, 0.1) is 0 Å². The first-order chi connectivity index (χ1) is 8.77. The van der Waals surface area contributed by atoms with E-state index in [1.165, 1.54) is 16.5 Å². The topological polar surface area (TPSA) is 20.2 Å². The summed E-state index contributed by atoms with van der Waals surface area (Å²) in [7, 11) is 2.14. The Hall–Kier alpha value is -1.32. The Labute approximate surface area is 108 Å². The van der Waals surface area contributed by atoms with Gasteiger partial charge in [-0.15, -0.1) is 0 Å². The Morgan fingerprint density at radius 3 is 2.67 bits per heavy atom. The molecule has 1 aromatic heterocycles. The number of nitrogens with zero attached hydrogens (tertiary/aromatic N) is 2. The molecule has 3 heteroatoms. The monoisotopic (exact) mass is 243 g/mol. The second-order valence-electron chi connectivity index (χ2n) is 5.17. The SMILES string of the molecule is C[C@@H](c1cn(C)c2ccccc12)N1CCNCC1. The normalized spacial score (nSPS) is 19.2. The number of hydrogen-bond donors (Lipinski definition) is 1. The lowest BCUT2D eigenvalue weighted by molar-refractivity contribution is 0.186. The first-order valence-electron chi connectivity index (χ1n) is 6.76. The molecule has 0 bridgehead atoms. The van der Waals surface area contributed by atoms with Crippen molar-refractivity contribution in [2.75, 3.05) is 26.2 Å². The van der Waals surface area contributed by atoms with E-state index < -0.39 is 0 Å². The van der Waals surface area contributed by atoms with E-state index in [1.54, 1.807) is 0 Å². The molecule has 0 amide bonds. The molecule has 0 aliphatic carbocycles. The lowest BCUT2D eigenvalue weighted by atomic mass is 10.1. The highest BCUT2D eigenvalue weighted by molar-refractivity contribution is 5.84. The third kappa shape index (κ3) is 1.93. The quantitative estimate of drug-likeness (QED) is 0.872. The largest absolute Gasteiger partial charge is 0.350 e. The van der Waals surface area contributed by atoms with Crippen LogP contribution in [0.5, 0.6) is 0 Å². The van der Waals surface area contributed by atoms with E-state index >= 15 is 0 Å². The Morgan fingerprint density at radius 1 is 1.17 bits per heavy atom. The Balaban J connectivity index is 1.98. The van der Waals surface area contributed by atoms with Crippen LogP contribution in [0.1, 0.15) is 18.5 Å². The van der Waals surface area contributed by atoms with Crippen molar-refractivity contribution in [3.05, 3.63) is 36.0 Å². The van der Waals surface area contributed by atoms with E-state index in [0.29, 0.717) is 6.04 Å². The summed E-state index contributed by atoms with van der Waals surface area (Å²) in [6.07, 6.45) is 2.29. The van der Waals surface area contributed by atoms with Crippen molar-refractivity contribution in [1.29, 1.82) is 0 Å². The molecule has 1 saturated heterocycles. The van der Waals surface area contributed by atoms with E-state index in [0.717, 1.165) is 26.2 Å². The number of nitrogens with one attached hydrogen (secondary N) is 1. The molecule has 1 atom stereocenters. The third-order valence-electron chi connectivity index (χ3n) is 4.08. The molecular formula is C15H21N3. The average Bonchev–Trinajstić information content (AvgIpc) is 2.77. The lowest BCUT2D eigenvalue weighted by Crippen LogP contribution is -2.44. The molecular weight excluding hydrogens is 222 g/mol. The van der Waals surface area contributed by atoms with Crippen molar-refractivity contribution >= 4 is 10.9 Å². The van der Waals surface area contributed by atoms with Gasteiger partial charge in [0.2, 0.25) is 0 Å². The Kier molecular flexibility index (Phi) is 3.10. The number of para-hydroxylation sites is 1. The number of aromatic nitrogens is 1. The Morgan fingerprint density at radius 2 is 1.89 bits per heavy atom. The average molecular weight is 243 g/mol. The van der Waals surface area contributed by atoms with Crippen molar-refractivity contribution in [3.8, 4) is 0 Å². The minimum atomic E-state index is 0.498. The molecule has 1 aliphatic heterocycles. The molecule has 1 aromatic carbocycles. The van der Waals surface area contributed by atoms with E-state index in [-0.39, 0.29) is 0 Å². The van der Waals surface area contributed by atoms with Gasteiger partial charge in [0.15, 0.2) is 0 Å². The van der Waals surface area contributed by atoms with Crippen molar-refractivity contribution in [3.63, 3.8) is 0 Å². The van der Waals surface area contributed by atoms with Crippen LogP contribution in [0.2, 0.25) is 0 Å². The van der Waals surface area contributed by atoms with Crippen LogP contribution in [0.15, 0.2) is 30.5 Å². The molecule has 0 spiro atoms. The van der Waals surface area contributed by atoms with Crippen molar-refractivity contribution in [2.45, 2.75) is 13.0 Å². The maximum absolute atomic E-state index is 3.42. The van der Waals surface area contributed by atoms with E-state index in [1.807, 2.05) is 0 Å². The zero-order valence-electron chi connectivity index (χ0n) is 11.2. The molecule has 3 rings (SSSR count). The lowest BCUT2D eigenvalue weighted by Gasteiger charge is -2.32. The second-order valence-corrected chi connectivity index (χ2v) is 5.17. The van der Waals surface area contributed by atoms with Crippen LogP contribution in [0.4, 0.5) is 0 Å². The molecule has 0 radical (unpaired) electrons. The maximum atomic E-state index is 3.42. The zero-order valence-corrected chi connectivity index (χ0v) is 11.2. The van der Waals surface area contributed by atoms with Crippen molar-refractivity contribution in [1.82, 2.24) is 14.8 Å². The molecule has 0 saturated carbocycles. The summed E-state index contributed by atoms with van der Waals surface area (Å²) >= 11 is 0. The van der Waals surface area contributed by atoms with E-state index in [4.69, 9.17) is 0 Å². The predicted molar refractivity (Wildman–Crippen MR) is 75.8 cm³/mol. The van der Waals surface area contributed by atoms with Crippen LogP contribution < -0.4 is 5.32 Å². The standard InChI is InChI=1S/C15H21N3/c1-12(18-9-7-16-8-10-18)14-11-17(2)15-6-4-3-5-13(14)15/h3-6,11-12,16H,7-10H2,1-2H3/t12-/m0/s1. The van der Waals surface area contributed by atoms with Gasteiger partial charge in [-0.3, -0.25) is 4.90 Å². The summed E-state index contributed by atoms with van der Waals surface area (Å²) in [6, 6.07) is 9.18. The molecule has 18 heavy (non-hydrogen) atoms. The minimum Gasteiger partial charge on any atom is -0.350 e. The summed E-state index contributed by atoms with van der Waals surface area (Å²) in [6.45, 7) is 6.83. The van der Waals surface area contributed by atoms with Crippen LogP contribution in [0, 0.1) is 0 Å². The summed E-state index contributed by atoms with van der Waals surface area (Å²) in [4.78, 5) is 2.57. The minimum absolute atomic E-state index is 0.498. The summed E-state index contributed by atoms with van der Waals surface area (Å²) in [5.74, 6) is 0. The number of rotatable bonds is 2. The van der Waals surface area contributed by atoms with Gasteiger partial charge in [-0.25, -0.2) is 0 Å². The summed E-state index contributed by atoms with van der Waals surface area (Å²) < 4.78 is 2.24. The van der Waals surface area contributed by atoms with Crippen LogP contribution in [0.3, 0.4) is 0 Å². The van der Waals surface area contributed by atoms with Gasteiger partial charge in [-0.05, 0) is 18.6 Å². The number of fused-ring (bicyclic) bond motifs is 1. The van der Waals surface area contributed by atoms with Gasteiger partial charge >= 0.3 is 0 Å². The van der Waals surface area contributed by atoms with Crippen LogP contribution in [-0.2, 0) is 7.05 Å². The highest BCUT2D eigenvalue weighted by atomic mass is 15.2. The molecule has 2 heterocycles. The first-order valence-corrected chi connectivity index (χ1v) is 6.76. The summed E-state index contributed by atoms with van der Waals surface area (Å²) in [5, 5.41) is 4.81. The number of aryl methyl sites for hydroxylation is 1. The van der Waals surface area contributed by atoms with Gasteiger partial charge in [-0.1, -0.05) is 18.2 Å². The Bertz CT molecular complexity index is 538. The van der Waals surface area contributed by atoms with Gasteiger partial charge in [0.1, 0.15) is 0 Å². The van der Waals surface area contributed by atoms with Gasteiger partial charge in [0.25, 0.3) is 0 Å². The molecule has 2 aromatic rings. The zero-order chi connectivity index (χ0) is 12.5. The molecule has 1 fully saturated rings. The second kappa shape index (κ2) is 4.75. The highest BCUT2D eigenvalue weighted by Gasteiger charge is 2.20. The first kappa shape index (κ1) is 11.8. The fourth-order valence-electron chi connectivity index (χ4n) is 2.97. The van der Waals surface area contributed by atoms with Gasteiger partial charge in [-0.2, -0.15) is 0 Å². The van der Waals surface area contributed by atoms with Gasteiger partial charge < -0.3 is 9.88 Å². The molecule has 0 unspecified atom stereocenters. The van der Waals surface area contributed by atoms with E-state index in [9.17, 15) is 0 Å². The van der Waals surface area contributed by atoms with Crippen LogP contribution >= 0.6 is 0 Å². The fourth-order valence-corrected chi connectivity index (χ4v) is 2.97. The number of piperazine rings is 1. The highest BCUT2D eigenvalue weighted by Crippen LogP contribution is 2.29. The van der Waals surface area contributed by atoms with Crippen molar-refractivity contribution < 1.29 is 0 Å². The van der Waals surface area contributed by atoms with Crippen LogP contribution in [0.25, 0.3) is 10.9 Å². The van der Waals surface area contributed by atoms with Crippen molar-refractivity contribution in [2.24, 2.45) is 7.05 Å². The fraction of sp³-hybridized carbons (Fsp3) is 0.467. The van der Waals surface area contributed by atoms with Crippen LogP contribution in [-0.4, -0.2) is 35.6 Å². The predicted octanol–water partition coefficient (Wildman–Crippen LogP) is 2.14. The number of hydrogen-bond acceptors (Lipinski definition) is 2. The smallest absolute Gasteiger partial charge is 0.0481 e. The van der Waals surface area contributed by atoms with E-state index in [2.05, 4.69) is 59.2 Å². The number of benzene rings is 1. The summed E-state index contributed by atoms with van der Waals surface area (Å²) in [5.41, 5.74) is 2.78. The maximum Gasteiger partial charge on any atom is 0.0481 e.